The van der Waals surface area contributed by atoms with Gasteiger partial charge in [0.2, 0.25) is 5.69 Å². The third kappa shape index (κ3) is 2.31. The predicted molar refractivity (Wildman–Crippen MR) is 86.5 cm³/mol. The third-order valence-corrected chi connectivity index (χ3v) is 4.04. The van der Waals surface area contributed by atoms with Crippen LogP contribution in [0.25, 0.3) is 17.1 Å². The number of fused-ring (bicyclic) bond motifs is 1. The number of benzene rings is 1. The largest absolute Gasteiger partial charge is 0.875 e. The molecule has 0 radical (unpaired) electrons. The number of hydrogen-bond acceptors (Lipinski definition) is 4. The number of esters is 1. The van der Waals surface area contributed by atoms with E-state index in [1.54, 1.807) is 22.9 Å². The van der Waals surface area contributed by atoms with Crippen LogP contribution in [0.5, 0.6) is 0 Å². The molecule has 124 valence electrons. The van der Waals surface area contributed by atoms with Crippen molar-refractivity contribution in [2.24, 2.45) is 0 Å². The van der Waals surface area contributed by atoms with Gasteiger partial charge in [0, 0.05) is 17.7 Å². The molecule has 0 amide bonds. The van der Waals surface area contributed by atoms with Gasteiger partial charge in [-0.15, -0.1) is 5.76 Å². The number of ether oxygens (including phenoxy) is 1. The maximum absolute atomic E-state index is 12.4. The molecule has 24 heavy (non-hydrogen) atoms. The van der Waals surface area contributed by atoms with Gasteiger partial charge in [0.15, 0.2) is 5.69 Å². The van der Waals surface area contributed by atoms with Crippen molar-refractivity contribution in [1.82, 2.24) is 9.50 Å². The van der Waals surface area contributed by atoms with Crippen molar-refractivity contribution >= 4 is 17.4 Å². The Morgan fingerprint density at radius 1 is 1.29 bits per heavy atom. The first-order valence-electron chi connectivity index (χ1n) is 7.81. The van der Waals surface area contributed by atoms with E-state index in [2.05, 4.69) is 5.10 Å². The number of nitrogens with zero attached hydrogens (tertiary/aromatic N) is 3. The third-order valence-electron chi connectivity index (χ3n) is 4.04. The van der Waals surface area contributed by atoms with Crippen LogP contribution in [-0.2, 0) is 4.74 Å². The minimum Gasteiger partial charge on any atom is -0.875 e. The molecule has 0 spiro atoms. The summed E-state index contributed by atoms with van der Waals surface area (Å²) >= 11 is 0. The van der Waals surface area contributed by atoms with E-state index in [9.17, 15) is 9.90 Å². The first-order valence-corrected chi connectivity index (χ1v) is 7.81. The van der Waals surface area contributed by atoms with Crippen LogP contribution >= 0.6 is 0 Å². The van der Waals surface area contributed by atoms with Gasteiger partial charge in [-0.1, -0.05) is 29.8 Å². The number of aryl methyl sites for hydroxylation is 1. The Hall–Kier alpha value is -2.89. The molecule has 0 N–H and O–H groups in total. The molecule has 0 bridgehead atoms. The highest BCUT2D eigenvalue weighted by molar-refractivity contribution is 5.91. The fraction of sp³-hybridized carbons (Fsp3) is 0.278. The van der Waals surface area contributed by atoms with E-state index in [4.69, 9.17) is 4.74 Å². The van der Waals surface area contributed by atoms with Gasteiger partial charge in [0.05, 0.1) is 6.61 Å². The van der Waals surface area contributed by atoms with E-state index in [1.807, 2.05) is 37.3 Å². The molecule has 0 aliphatic carbocycles. The molecule has 1 aromatic carbocycles. The molecule has 0 unspecified atom stereocenters. The van der Waals surface area contributed by atoms with Gasteiger partial charge in [0.25, 0.3) is 11.5 Å². The number of rotatable bonds is 3. The summed E-state index contributed by atoms with van der Waals surface area (Å²) in [4.78, 5) is 12.4. The molecule has 0 saturated heterocycles. The summed E-state index contributed by atoms with van der Waals surface area (Å²) in [6.07, 6.45) is 0. The average Bonchev–Trinajstić information content (AvgIpc) is 3.02. The van der Waals surface area contributed by atoms with E-state index in [0.29, 0.717) is 22.1 Å². The summed E-state index contributed by atoms with van der Waals surface area (Å²) in [5.41, 5.74) is 2.30. The Morgan fingerprint density at radius 2 is 1.96 bits per heavy atom. The van der Waals surface area contributed by atoms with Gasteiger partial charge < -0.3 is 9.84 Å². The number of para-hydroxylation sites is 1. The van der Waals surface area contributed by atoms with Crippen molar-refractivity contribution < 1.29 is 19.3 Å². The zero-order valence-electron chi connectivity index (χ0n) is 14.2. The second-order valence-electron chi connectivity index (χ2n) is 5.58. The van der Waals surface area contributed by atoms with E-state index in [0.717, 1.165) is 11.5 Å². The highest BCUT2D eigenvalue weighted by Gasteiger charge is 2.31. The number of carbonyl (C=O) groups is 1. The molecule has 3 aromatic rings. The Bertz CT molecular complexity index is 971. The van der Waals surface area contributed by atoms with Crippen LogP contribution in [-0.4, -0.2) is 22.1 Å². The van der Waals surface area contributed by atoms with E-state index >= 15 is 0 Å². The number of aromatic nitrogens is 3. The minimum absolute atomic E-state index is 0.127. The minimum atomic E-state index is -0.451. The smallest absolute Gasteiger partial charge is 0.379 e. The van der Waals surface area contributed by atoms with E-state index in [1.165, 1.54) is 6.92 Å². The molecule has 2 heterocycles. The summed E-state index contributed by atoms with van der Waals surface area (Å²) in [5.74, 6) is 0.154. The monoisotopic (exact) mass is 325 g/mol. The first kappa shape index (κ1) is 16.0. The van der Waals surface area contributed by atoms with Crippen molar-refractivity contribution in [3.8, 4) is 5.69 Å². The zero-order valence-corrected chi connectivity index (χ0v) is 14.2. The molecule has 2 aromatic heterocycles. The lowest BCUT2D eigenvalue weighted by Crippen LogP contribution is -2.36. The Morgan fingerprint density at radius 3 is 2.54 bits per heavy atom. The lowest BCUT2D eigenvalue weighted by Gasteiger charge is -2.02. The number of hydrogen-bond donors (Lipinski definition) is 0. The molecular formula is C18H19N3O3. The molecule has 0 aliphatic rings. The molecule has 0 fully saturated rings. The second kappa shape index (κ2) is 5.96. The molecular weight excluding hydrogens is 306 g/mol. The van der Waals surface area contributed by atoms with Crippen molar-refractivity contribution in [3.05, 3.63) is 52.6 Å². The van der Waals surface area contributed by atoms with Crippen LogP contribution in [0.1, 0.15) is 35.7 Å². The van der Waals surface area contributed by atoms with Crippen molar-refractivity contribution in [1.29, 1.82) is 0 Å². The molecule has 0 atom stereocenters. The SMILES string of the molecule is CCOC(=O)c1c(C)/c(=C(\C)[O-])c2n[n+](-c3ccccc3)c(C)n12. The molecule has 0 aliphatic heterocycles. The van der Waals surface area contributed by atoms with Gasteiger partial charge in [-0.05, 0) is 31.1 Å². The highest BCUT2D eigenvalue weighted by Crippen LogP contribution is 2.14. The zero-order chi connectivity index (χ0) is 17.4. The molecule has 6 heteroatoms. The summed E-state index contributed by atoms with van der Waals surface area (Å²) in [5, 5.41) is 17.1. The van der Waals surface area contributed by atoms with Crippen LogP contribution in [0.15, 0.2) is 30.3 Å². The van der Waals surface area contributed by atoms with E-state index in [-0.39, 0.29) is 12.4 Å². The van der Waals surface area contributed by atoms with Crippen LogP contribution in [0.4, 0.5) is 0 Å². The Labute approximate surface area is 139 Å². The maximum Gasteiger partial charge on any atom is 0.379 e. The predicted octanol–water partition coefficient (Wildman–Crippen LogP) is 0.612. The van der Waals surface area contributed by atoms with Gasteiger partial charge >= 0.3 is 5.97 Å². The standard InChI is InChI=1S/C18H19N3O3/c1-5-24-18(23)16-11(2)15(12(3)22)17-19-21(13(4)20(16)17)14-9-7-6-8-10-14/h6-10H,5H2,1-4H3. The van der Waals surface area contributed by atoms with Gasteiger partial charge in [-0.3, -0.25) is 0 Å². The second-order valence-corrected chi connectivity index (χ2v) is 5.58. The van der Waals surface area contributed by atoms with E-state index < -0.39 is 5.97 Å². The van der Waals surface area contributed by atoms with Gasteiger partial charge in [-0.2, -0.15) is 4.40 Å². The van der Waals surface area contributed by atoms with Crippen molar-refractivity contribution in [3.63, 3.8) is 0 Å². The lowest BCUT2D eigenvalue weighted by atomic mass is 10.2. The van der Waals surface area contributed by atoms with Crippen LogP contribution in [0, 0.1) is 13.8 Å². The highest BCUT2D eigenvalue weighted by atomic mass is 16.5. The quantitative estimate of drug-likeness (QED) is 0.523. The van der Waals surface area contributed by atoms with Crippen LogP contribution < -0.4 is 15.0 Å². The fourth-order valence-corrected chi connectivity index (χ4v) is 3.02. The maximum atomic E-state index is 12.4. The summed E-state index contributed by atoms with van der Waals surface area (Å²) in [6, 6.07) is 9.59. The Balaban J connectivity index is 2.41. The first-order chi connectivity index (χ1) is 11.5. The van der Waals surface area contributed by atoms with Gasteiger partial charge in [0.1, 0.15) is 0 Å². The molecule has 3 rings (SSSR count). The fourth-order valence-electron chi connectivity index (χ4n) is 3.02. The molecule has 0 saturated carbocycles. The van der Waals surface area contributed by atoms with Crippen LogP contribution in [0.2, 0.25) is 0 Å². The van der Waals surface area contributed by atoms with Crippen molar-refractivity contribution in [2.75, 3.05) is 6.61 Å². The average molecular weight is 325 g/mol. The number of carbonyl (C=O) groups excluding carboxylic acids is 1. The summed E-state index contributed by atoms with van der Waals surface area (Å²) in [6.45, 7) is 7.12. The lowest BCUT2D eigenvalue weighted by molar-refractivity contribution is -0.662. The van der Waals surface area contributed by atoms with Crippen LogP contribution in [0.3, 0.4) is 0 Å². The van der Waals surface area contributed by atoms with Gasteiger partial charge in [-0.25, -0.2) is 4.79 Å². The summed E-state index contributed by atoms with van der Waals surface area (Å²) in [7, 11) is 0. The molecule has 6 nitrogen and oxygen atoms in total. The summed E-state index contributed by atoms with van der Waals surface area (Å²) < 4.78 is 8.60. The normalized spacial score (nSPS) is 12.5. The Kier molecular flexibility index (Phi) is 3.97. The van der Waals surface area contributed by atoms with Crippen molar-refractivity contribution in [2.45, 2.75) is 27.7 Å². The topological polar surface area (TPSA) is 70.5 Å².